The molecule has 1 aliphatic rings. The Labute approximate surface area is 165 Å². The van der Waals surface area contributed by atoms with E-state index in [4.69, 9.17) is 9.47 Å². The highest BCUT2D eigenvalue weighted by molar-refractivity contribution is 7.10. The number of carbonyl (C=O) groups excluding carboxylic acids is 2. The van der Waals surface area contributed by atoms with E-state index < -0.39 is 11.8 Å². The summed E-state index contributed by atoms with van der Waals surface area (Å²) in [6, 6.07) is 10.9. The van der Waals surface area contributed by atoms with Crippen molar-refractivity contribution in [3.63, 3.8) is 0 Å². The molecule has 144 valence electrons. The van der Waals surface area contributed by atoms with Gasteiger partial charge in [0.1, 0.15) is 6.04 Å². The van der Waals surface area contributed by atoms with Crippen LogP contribution in [0.1, 0.15) is 16.5 Å². The molecule has 1 aliphatic heterocycles. The number of ether oxygens (including phenoxy) is 2. The summed E-state index contributed by atoms with van der Waals surface area (Å²) in [5.74, 6) is -0.0715. The third-order valence-corrected chi connectivity index (χ3v) is 5.24. The van der Waals surface area contributed by atoms with E-state index in [2.05, 4.69) is 15.7 Å². The molecule has 8 nitrogen and oxygen atoms in total. The predicted octanol–water partition coefficient (Wildman–Crippen LogP) is 1.70. The van der Waals surface area contributed by atoms with Gasteiger partial charge in [0.2, 0.25) is 6.79 Å². The van der Waals surface area contributed by atoms with E-state index in [1.807, 2.05) is 35.8 Å². The fourth-order valence-corrected chi connectivity index (χ4v) is 3.67. The summed E-state index contributed by atoms with van der Waals surface area (Å²) in [5.41, 5.74) is 0.818. The monoisotopic (exact) mass is 398 g/mol. The van der Waals surface area contributed by atoms with E-state index in [-0.39, 0.29) is 25.9 Å². The highest BCUT2D eigenvalue weighted by Gasteiger charge is 2.20. The largest absolute Gasteiger partial charge is 0.454 e. The van der Waals surface area contributed by atoms with Gasteiger partial charge in [-0.15, -0.1) is 11.3 Å². The number of hydrogen-bond acceptors (Lipinski definition) is 6. The Morgan fingerprint density at radius 1 is 1.14 bits per heavy atom. The van der Waals surface area contributed by atoms with Crippen LogP contribution in [-0.4, -0.2) is 34.9 Å². The van der Waals surface area contributed by atoms with Gasteiger partial charge in [-0.1, -0.05) is 12.1 Å². The van der Waals surface area contributed by atoms with E-state index in [9.17, 15) is 9.59 Å². The molecule has 0 spiro atoms. The fraction of sp³-hybridized carbons (Fsp3) is 0.211. The number of rotatable bonds is 6. The molecule has 0 radical (unpaired) electrons. The quantitative estimate of drug-likeness (QED) is 0.617. The summed E-state index contributed by atoms with van der Waals surface area (Å²) in [6.45, 7) is 0.671. The Balaban J connectivity index is 1.32. The fourth-order valence-electron chi connectivity index (χ4n) is 2.85. The number of nitrogens with zero attached hydrogens (tertiary/aromatic N) is 2. The highest BCUT2D eigenvalue weighted by atomic mass is 32.1. The number of carbonyl (C=O) groups is 2. The molecule has 1 atom stereocenters. The lowest BCUT2D eigenvalue weighted by molar-refractivity contribution is -0.139. The lowest BCUT2D eigenvalue weighted by Gasteiger charge is -2.17. The summed E-state index contributed by atoms with van der Waals surface area (Å²) in [5, 5.41) is 11.5. The maximum Gasteiger partial charge on any atom is 0.309 e. The van der Waals surface area contributed by atoms with E-state index >= 15 is 0 Å². The summed E-state index contributed by atoms with van der Waals surface area (Å²) in [7, 11) is 0. The smallest absolute Gasteiger partial charge is 0.309 e. The van der Waals surface area contributed by atoms with Gasteiger partial charge in [0.25, 0.3) is 0 Å². The first kappa shape index (κ1) is 18.1. The molecule has 0 saturated carbocycles. The summed E-state index contributed by atoms with van der Waals surface area (Å²) < 4.78 is 12.3. The van der Waals surface area contributed by atoms with Crippen molar-refractivity contribution in [2.75, 3.05) is 13.3 Å². The number of nitrogens with one attached hydrogen (secondary N) is 2. The van der Waals surface area contributed by atoms with Crippen molar-refractivity contribution in [2.45, 2.75) is 12.6 Å². The molecule has 1 aromatic carbocycles. The Morgan fingerprint density at radius 2 is 2.00 bits per heavy atom. The van der Waals surface area contributed by atoms with Crippen LogP contribution < -0.4 is 20.1 Å². The summed E-state index contributed by atoms with van der Waals surface area (Å²) in [6.07, 6.45) is 3.51. The number of hydrogen-bond donors (Lipinski definition) is 2. The van der Waals surface area contributed by atoms with Gasteiger partial charge in [0.15, 0.2) is 11.5 Å². The van der Waals surface area contributed by atoms with Crippen LogP contribution in [0, 0.1) is 0 Å². The van der Waals surface area contributed by atoms with Gasteiger partial charge < -0.3 is 20.1 Å². The zero-order valence-electron chi connectivity index (χ0n) is 14.8. The molecule has 0 aliphatic carbocycles. The van der Waals surface area contributed by atoms with E-state index in [1.54, 1.807) is 34.3 Å². The molecule has 1 unspecified atom stereocenters. The number of thiophene rings is 1. The van der Waals surface area contributed by atoms with Crippen LogP contribution in [0.3, 0.4) is 0 Å². The zero-order chi connectivity index (χ0) is 19.3. The van der Waals surface area contributed by atoms with Crippen LogP contribution in [0.2, 0.25) is 0 Å². The van der Waals surface area contributed by atoms with Gasteiger partial charge in [-0.2, -0.15) is 5.10 Å². The van der Waals surface area contributed by atoms with Gasteiger partial charge in [-0.25, -0.2) is 0 Å². The van der Waals surface area contributed by atoms with Crippen LogP contribution in [-0.2, 0) is 16.1 Å². The van der Waals surface area contributed by atoms with E-state index in [0.717, 1.165) is 10.4 Å². The van der Waals surface area contributed by atoms with E-state index in [0.29, 0.717) is 11.5 Å². The molecule has 0 bridgehead atoms. The minimum Gasteiger partial charge on any atom is -0.454 e. The molecule has 2 aromatic heterocycles. The lowest BCUT2D eigenvalue weighted by atomic mass is 10.2. The van der Waals surface area contributed by atoms with Crippen molar-refractivity contribution in [1.29, 1.82) is 0 Å². The second-order valence-corrected chi connectivity index (χ2v) is 7.08. The number of aromatic nitrogens is 2. The zero-order valence-corrected chi connectivity index (χ0v) is 15.6. The predicted molar refractivity (Wildman–Crippen MR) is 102 cm³/mol. The minimum absolute atomic E-state index is 0.166. The van der Waals surface area contributed by atoms with E-state index in [1.165, 1.54) is 0 Å². The van der Waals surface area contributed by atoms with Gasteiger partial charge in [-0.05, 0) is 35.2 Å². The lowest BCUT2D eigenvalue weighted by Crippen LogP contribution is -2.41. The molecular formula is C19H18N4O4S. The van der Waals surface area contributed by atoms with Crippen LogP contribution in [0.25, 0.3) is 0 Å². The normalized spacial score (nSPS) is 13.1. The van der Waals surface area contributed by atoms with Gasteiger partial charge in [0, 0.05) is 30.4 Å². The number of fused-ring (bicyclic) bond motifs is 1. The Morgan fingerprint density at radius 3 is 2.79 bits per heavy atom. The third-order valence-electron chi connectivity index (χ3n) is 4.27. The van der Waals surface area contributed by atoms with Crippen molar-refractivity contribution >= 4 is 23.2 Å². The molecule has 28 heavy (non-hydrogen) atoms. The van der Waals surface area contributed by atoms with Crippen molar-refractivity contribution in [3.05, 3.63) is 64.6 Å². The van der Waals surface area contributed by atoms with Crippen molar-refractivity contribution in [1.82, 2.24) is 20.4 Å². The molecule has 0 fully saturated rings. The molecule has 9 heteroatoms. The standard InChI is InChI=1S/C19H18N4O4S/c24-18(20-10-13-4-5-15-16(9-13)27-12-26-15)19(25)21-11-14(17-3-1-8-28-17)23-7-2-6-22-23/h1-9,14H,10-12H2,(H,20,24)(H,21,25). The first-order valence-corrected chi connectivity index (χ1v) is 9.56. The van der Waals surface area contributed by atoms with Crippen molar-refractivity contribution in [2.24, 2.45) is 0 Å². The molecule has 2 amide bonds. The maximum atomic E-state index is 12.2. The highest BCUT2D eigenvalue weighted by Crippen LogP contribution is 2.32. The summed E-state index contributed by atoms with van der Waals surface area (Å²) >= 11 is 1.57. The number of benzene rings is 1. The van der Waals surface area contributed by atoms with Crippen molar-refractivity contribution < 1.29 is 19.1 Å². The topological polar surface area (TPSA) is 94.5 Å². The molecule has 0 saturated heterocycles. The van der Waals surface area contributed by atoms with Crippen LogP contribution in [0.4, 0.5) is 0 Å². The summed E-state index contributed by atoms with van der Waals surface area (Å²) in [4.78, 5) is 25.4. The Kier molecular flexibility index (Phi) is 5.24. The third kappa shape index (κ3) is 3.99. The first-order chi connectivity index (χ1) is 13.7. The first-order valence-electron chi connectivity index (χ1n) is 8.68. The molecule has 3 heterocycles. The second kappa shape index (κ2) is 8.13. The molecule has 3 aromatic rings. The number of amides is 2. The van der Waals surface area contributed by atoms with Crippen molar-refractivity contribution in [3.8, 4) is 11.5 Å². The van der Waals surface area contributed by atoms with Crippen LogP contribution in [0.5, 0.6) is 11.5 Å². The van der Waals surface area contributed by atoms with Crippen LogP contribution in [0.15, 0.2) is 54.2 Å². The molecular weight excluding hydrogens is 380 g/mol. The second-order valence-electron chi connectivity index (χ2n) is 6.10. The molecule has 2 N–H and O–H groups in total. The Bertz CT molecular complexity index is 922. The SMILES string of the molecule is O=C(NCc1ccc2c(c1)OCO2)C(=O)NCC(c1cccs1)n1cccn1. The van der Waals surface area contributed by atoms with Gasteiger partial charge in [0.05, 0.1) is 0 Å². The molecule has 4 rings (SSSR count). The maximum absolute atomic E-state index is 12.2. The van der Waals surface area contributed by atoms with Gasteiger partial charge >= 0.3 is 11.8 Å². The minimum atomic E-state index is -0.692. The average molecular weight is 398 g/mol. The average Bonchev–Trinajstić information content (AvgIpc) is 3.48. The van der Waals surface area contributed by atoms with Crippen LogP contribution >= 0.6 is 11.3 Å². The Hall–Kier alpha value is -3.33. The van der Waals surface area contributed by atoms with Gasteiger partial charge in [-0.3, -0.25) is 14.3 Å².